The van der Waals surface area contributed by atoms with Gasteiger partial charge in [0.15, 0.2) is 15.3 Å². The summed E-state index contributed by atoms with van der Waals surface area (Å²) in [5.41, 5.74) is -0.225. The van der Waals surface area contributed by atoms with E-state index in [0.29, 0.717) is 12.3 Å². The van der Waals surface area contributed by atoms with E-state index in [1.54, 1.807) is 0 Å². The molecule has 0 heterocycles. The lowest BCUT2D eigenvalue weighted by molar-refractivity contribution is 0.268. The summed E-state index contributed by atoms with van der Waals surface area (Å²) in [5.74, 6) is 0.553. The molecule has 0 saturated heterocycles. The zero-order valence-electron chi connectivity index (χ0n) is 11.5. The van der Waals surface area contributed by atoms with E-state index in [1.807, 2.05) is 13.8 Å². The molecule has 0 fully saturated rings. The van der Waals surface area contributed by atoms with Crippen LogP contribution >= 0.6 is 0 Å². The van der Waals surface area contributed by atoms with Crippen LogP contribution in [0, 0.1) is 5.92 Å². The molecular weight excluding hydrogens is 238 g/mol. The number of aliphatic hydroxyl groups excluding tert-OH is 1. The molecule has 5 heteroatoms. The molecule has 0 aliphatic heterocycles. The number of aliphatic hydroxyl groups is 1. The smallest absolute Gasteiger partial charge is 0.176 e. The van der Waals surface area contributed by atoms with Crippen LogP contribution in [0.4, 0.5) is 0 Å². The molecule has 0 aliphatic rings. The summed E-state index contributed by atoms with van der Waals surface area (Å²) < 4.78 is 22.8. The summed E-state index contributed by atoms with van der Waals surface area (Å²) >= 11 is 0. The first-order valence-corrected chi connectivity index (χ1v) is 7.79. The van der Waals surface area contributed by atoms with E-state index in [1.165, 1.54) is 6.92 Å². The molecule has 0 aromatic carbocycles. The van der Waals surface area contributed by atoms with Crippen molar-refractivity contribution < 1.29 is 13.5 Å². The van der Waals surface area contributed by atoms with Crippen LogP contribution in [0.15, 0.2) is 4.99 Å². The molecule has 0 rings (SSSR count). The van der Waals surface area contributed by atoms with Crippen LogP contribution in [-0.2, 0) is 9.84 Å². The molecule has 0 radical (unpaired) electrons. The van der Waals surface area contributed by atoms with Crippen molar-refractivity contribution in [2.45, 2.75) is 58.9 Å². The van der Waals surface area contributed by atoms with Crippen LogP contribution in [0.1, 0.15) is 47.5 Å². The predicted molar refractivity (Wildman–Crippen MR) is 72.1 cm³/mol. The van der Waals surface area contributed by atoms with E-state index < -0.39 is 15.3 Å². The van der Waals surface area contributed by atoms with Gasteiger partial charge in [0.2, 0.25) is 0 Å². The maximum Gasteiger partial charge on any atom is 0.176 e. The minimum atomic E-state index is -3.37. The third-order valence-electron chi connectivity index (χ3n) is 2.48. The van der Waals surface area contributed by atoms with Gasteiger partial charge in [-0.15, -0.1) is 0 Å². The standard InChI is InChI=1S/C12H25NO3S/c1-9(2)8-11(4)13-10(3)6-7-17(15,16)12(5)14/h9-10,12,14H,6-8H2,1-5H3. The molecule has 17 heavy (non-hydrogen) atoms. The third-order valence-corrected chi connectivity index (χ3v) is 4.33. The van der Waals surface area contributed by atoms with E-state index in [4.69, 9.17) is 5.11 Å². The largest absolute Gasteiger partial charge is 0.377 e. The average Bonchev–Trinajstić information content (AvgIpc) is 2.13. The normalized spacial score (nSPS) is 17.2. The highest BCUT2D eigenvalue weighted by Crippen LogP contribution is 2.08. The van der Waals surface area contributed by atoms with Gasteiger partial charge < -0.3 is 5.11 Å². The highest BCUT2D eigenvalue weighted by atomic mass is 32.2. The van der Waals surface area contributed by atoms with E-state index in [0.717, 1.165) is 12.1 Å². The first kappa shape index (κ1) is 16.6. The van der Waals surface area contributed by atoms with Gasteiger partial charge in [0.25, 0.3) is 0 Å². The van der Waals surface area contributed by atoms with Gasteiger partial charge in [0.05, 0.1) is 5.75 Å². The predicted octanol–water partition coefficient (Wildman–Crippen LogP) is 2.03. The Labute approximate surface area is 105 Å². The van der Waals surface area contributed by atoms with Crippen molar-refractivity contribution in [1.82, 2.24) is 0 Å². The van der Waals surface area contributed by atoms with Crippen molar-refractivity contribution in [3.8, 4) is 0 Å². The fourth-order valence-electron chi connectivity index (χ4n) is 1.59. The molecule has 2 unspecified atom stereocenters. The summed E-state index contributed by atoms with van der Waals surface area (Å²) in [4.78, 5) is 4.45. The van der Waals surface area contributed by atoms with Crippen LogP contribution in [-0.4, -0.2) is 36.5 Å². The Balaban J connectivity index is 4.25. The van der Waals surface area contributed by atoms with Crippen LogP contribution in [0.5, 0.6) is 0 Å². The van der Waals surface area contributed by atoms with Crippen LogP contribution in [0.3, 0.4) is 0 Å². The molecule has 1 N–H and O–H groups in total. The number of sulfone groups is 1. The number of rotatable bonds is 7. The lowest BCUT2D eigenvalue weighted by Crippen LogP contribution is -2.22. The zero-order valence-corrected chi connectivity index (χ0v) is 12.3. The Morgan fingerprint density at radius 3 is 2.18 bits per heavy atom. The van der Waals surface area contributed by atoms with E-state index >= 15 is 0 Å². The Morgan fingerprint density at radius 2 is 1.76 bits per heavy atom. The summed E-state index contributed by atoms with van der Waals surface area (Å²) in [6.07, 6.45) is 1.40. The van der Waals surface area contributed by atoms with Crippen LogP contribution in [0.2, 0.25) is 0 Å². The number of hydrogen-bond acceptors (Lipinski definition) is 4. The molecule has 0 saturated carbocycles. The molecule has 2 atom stereocenters. The minimum Gasteiger partial charge on any atom is -0.377 e. The Morgan fingerprint density at radius 1 is 1.24 bits per heavy atom. The topological polar surface area (TPSA) is 66.7 Å². The van der Waals surface area contributed by atoms with Crippen molar-refractivity contribution in [2.75, 3.05) is 5.75 Å². The van der Waals surface area contributed by atoms with Gasteiger partial charge in [0.1, 0.15) is 0 Å². The van der Waals surface area contributed by atoms with Crippen molar-refractivity contribution in [2.24, 2.45) is 10.9 Å². The highest BCUT2D eigenvalue weighted by Gasteiger charge is 2.18. The van der Waals surface area contributed by atoms with Crippen LogP contribution < -0.4 is 0 Å². The first-order chi connectivity index (χ1) is 7.65. The summed E-state index contributed by atoms with van der Waals surface area (Å²) in [7, 11) is -3.37. The zero-order chi connectivity index (χ0) is 13.6. The van der Waals surface area contributed by atoms with Gasteiger partial charge in [0, 0.05) is 11.8 Å². The Hall–Kier alpha value is -0.420. The number of aliphatic imine (C=N–C) groups is 1. The number of nitrogens with zero attached hydrogens (tertiary/aromatic N) is 1. The lowest BCUT2D eigenvalue weighted by Gasteiger charge is -2.11. The third kappa shape index (κ3) is 7.49. The fourth-order valence-corrected chi connectivity index (χ4v) is 2.60. The second-order valence-electron chi connectivity index (χ2n) is 5.07. The second-order valence-corrected chi connectivity index (χ2v) is 7.48. The molecule has 0 amide bonds. The van der Waals surface area contributed by atoms with Gasteiger partial charge in [-0.3, -0.25) is 4.99 Å². The average molecular weight is 263 g/mol. The van der Waals surface area contributed by atoms with Gasteiger partial charge in [-0.05, 0) is 39.5 Å². The maximum absolute atomic E-state index is 11.4. The van der Waals surface area contributed by atoms with E-state index in [2.05, 4.69) is 18.8 Å². The monoisotopic (exact) mass is 263 g/mol. The molecule has 0 aromatic heterocycles. The van der Waals surface area contributed by atoms with Crippen molar-refractivity contribution in [3.63, 3.8) is 0 Å². The second kappa shape index (κ2) is 7.11. The van der Waals surface area contributed by atoms with Gasteiger partial charge in [-0.1, -0.05) is 13.8 Å². The molecule has 0 spiro atoms. The maximum atomic E-state index is 11.4. The molecule has 4 nitrogen and oxygen atoms in total. The van der Waals surface area contributed by atoms with Crippen molar-refractivity contribution >= 4 is 15.5 Å². The molecule has 0 aliphatic carbocycles. The minimum absolute atomic E-state index is 0.00963. The lowest BCUT2D eigenvalue weighted by atomic mass is 10.1. The summed E-state index contributed by atoms with van der Waals surface area (Å²) in [6, 6.07) is -0.0118. The Bertz CT molecular complexity index is 345. The van der Waals surface area contributed by atoms with Crippen molar-refractivity contribution in [3.05, 3.63) is 0 Å². The first-order valence-electron chi connectivity index (χ1n) is 6.08. The van der Waals surface area contributed by atoms with Crippen LogP contribution in [0.25, 0.3) is 0 Å². The molecule has 102 valence electrons. The van der Waals surface area contributed by atoms with Gasteiger partial charge in [-0.25, -0.2) is 8.42 Å². The van der Waals surface area contributed by atoms with E-state index in [-0.39, 0.29) is 11.8 Å². The molecule has 0 bridgehead atoms. The summed E-state index contributed by atoms with van der Waals surface area (Å²) in [5, 5.41) is 9.07. The fraction of sp³-hybridized carbons (Fsp3) is 0.917. The molecule has 0 aromatic rings. The molecular formula is C12H25NO3S. The van der Waals surface area contributed by atoms with Gasteiger partial charge in [-0.2, -0.15) is 0 Å². The summed E-state index contributed by atoms with van der Waals surface area (Å²) in [6.45, 7) is 9.41. The Kier molecular flexibility index (Phi) is 6.94. The van der Waals surface area contributed by atoms with E-state index in [9.17, 15) is 8.42 Å². The number of hydrogen-bond donors (Lipinski definition) is 1. The highest BCUT2D eigenvalue weighted by molar-refractivity contribution is 7.91. The van der Waals surface area contributed by atoms with Crippen molar-refractivity contribution in [1.29, 1.82) is 0 Å². The SMILES string of the molecule is CC(CC(C)C)=NC(C)CCS(=O)(=O)C(C)O. The van der Waals surface area contributed by atoms with Gasteiger partial charge >= 0.3 is 0 Å². The quantitative estimate of drug-likeness (QED) is 0.715.